The van der Waals surface area contributed by atoms with Crippen LogP contribution in [0.1, 0.15) is 74.4 Å². The highest BCUT2D eigenvalue weighted by molar-refractivity contribution is 6.04. The van der Waals surface area contributed by atoms with Gasteiger partial charge in [-0.25, -0.2) is 4.79 Å². The van der Waals surface area contributed by atoms with Crippen molar-refractivity contribution in [3.8, 4) is 0 Å². The zero-order chi connectivity index (χ0) is 31.8. The number of esters is 1. The largest absolute Gasteiger partial charge is 0.456 e. The van der Waals surface area contributed by atoms with Crippen LogP contribution in [-0.2, 0) is 20.9 Å². The van der Waals surface area contributed by atoms with E-state index in [0.717, 1.165) is 61.4 Å². The van der Waals surface area contributed by atoms with Gasteiger partial charge in [0.25, 0.3) is 0 Å². The monoisotopic (exact) mass is 608 g/mol. The summed E-state index contributed by atoms with van der Waals surface area (Å²) in [4.78, 5) is 48.5. The standard InChI is InChI=1S/C37H44N4O4/c1-27-31-16-8-9-17-32(31)40(33(27)42)21-11-20-38-22-18-37(19-23-38)35(44)39(26-41(37)30-14-6-5-7-15-30)25-28-12-10-13-29(24-28)34(43)45-36(2,3)4/h5-10,12-17,24,27H,11,18-23,25-26H2,1-4H3. The molecule has 0 aliphatic carbocycles. The summed E-state index contributed by atoms with van der Waals surface area (Å²) in [5.74, 6) is -0.127. The molecular formula is C37H44N4O4. The van der Waals surface area contributed by atoms with Crippen LogP contribution in [0.25, 0.3) is 0 Å². The number of benzene rings is 3. The Morgan fingerprint density at radius 2 is 1.62 bits per heavy atom. The molecule has 2 fully saturated rings. The fourth-order valence-corrected chi connectivity index (χ4v) is 7.09. The third-order valence-corrected chi connectivity index (χ3v) is 9.39. The molecule has 1 spiro atoms. The number of amides is 2. The van der Waals surface area contributed by atoms with Crippen LogP contribution in [0.15, 0.2) is 78.9 Å². The molecule has 3 aromatic rings. The minimum absolute atomic E-state index is 0.0869. The molecule has 3 aromatic carbocycles. The fourth-order valence-electron chi connectivity index (χ4n) is 7.09. The number of fused-ring (bicyclic) bond motifs is 1. The lowest BCUT2D eigenvalue weighted by Gasteiger charge is -2.43. The highest BCUT2D eigenvalue weighted by atomic mass is 16.6. The normalized spacial score (nSPS) is 19.8. The Kier molecular flexibility index (Phi) is 8.44. The number of hydrogen-bond donors (Lipinski definition) is 0. The number of carbonyl (C=O) groups is 3. The first-order valence-electron chi connectivity index (χ1n) is 16.1. The molecule has 1 unspecified atom stereocenters. The Hall–Kier alpha value is -4.17. The maximum atomic E-state index is 14.3. The summed E-state index contributed by atoms with van der Waals surface area (Å²) in [6, 6.07) is 25.7. The molecule has 8 nitrogen and oxygen atoms in total. The van der Waals surface area contributed by atoms with Crippen molar-refractivity contribution in [1.29, 1.82) is 0 Å². The molecule has 3 aliphatic rings. The van der Waals surface area contributed by atoms with Gasteiger partial charge < -0.3 is 24.3 Å². The van der Waals surface area contributed by atoms with Crippen LogP contribution in [0.4, 0.5) is 11.4 Å². The van der Waals surface area contributed by atoms with Gasteiger partial charge in [0.1, 0.15) is 11.1 Å². The van der Waals surface area contributed by atoms with Crippen molar-refractivity contribution in [2.45, 2.75) is 70.6 Å². The number of carbonyl (C=O) groups excluding carboxylic acids is 3. The number of anilines is 2. The van der Waals surface area contributed by atoms with Crippen LogP contribution in [-0.4, -0.2) is 71.6 Å². The van der Waals surface area contributed by atoms with E-state index >= 15 is 0 Å². The number of likely N-dealkylation sites (tertiary alicyclic amines) is 1. The molecule has 2 saturated heterocycles. The van der Waals surface area contributed by atoms with Gasteiger partial charge >= 0.3 is 5.97 Å². The van der Waals surface area contributed by atoms with E-state index in [0.29, 0.717) is 25.3 Å². The number of para-hydroxylation sites is 2. The first kappa shape index (κ1) is 30.8. The summed E-state index contributed by atoms with van der Waals surface area (Å²) in [6.07, 6.45) is 2.35. The smallest absolute Gasteiger partial charge is 0.338 e. The lowest BCUT2D eigenvalue weighted by Crippen LogP contribution is -2.56. The average molecular weight is 609 g/mol. The van der Waals surface area contributed by atoms with Crippen molar-refractivity contribution >= 4 is 29.2 Å². The first-order chi connectivity index (χ1) is 21.6. The minimum atomic E-state index is -0.611. The van der Waals surface area contributed by atoms with Crippen LogP contribution in [0, 0.1) is 0 Å². The molecule has 236 valence electrons. The van der Waals surface area contributed by atoms with Gasteiger partial charge in [-0.2, -0.15) is 0 Å². The molecule has 3 aliphatic heterocycles. The lowest BCUT2D eigenvalue weighted by atomic mass is 9.85. The van der Waals surface area contributed by atoms with Gasteiger partial charge in [0.15, 0.2) is 0 Å². The Bertz CT molecular complexity index is 1560. The van der Waals surface area contributed by atoms with Gasteiger partial charge in [0.2, 0.25) is 11.8 Å². The number of piperidine rings is 1. The van der Waals surface area contributed by atoms with Gasteiger partial charge in [-0.3, -0.25) is 9.59 Å². The van der Waals surface area contributed by atoms with Crippen LogP contribution >= 0.6 is 0 Å². The van der Waals surface area contributed by atoms with E-state index in [9.17, 15) is 14.4 Å². The second-order valence-electron chi connectivity index (χ2n) is 13.6. The van der Waals surface area contributed by atoms with E-state index in [-0.39, 0.29) is 23.7 Å². The van der Waals surface area contributed by atoms with Crippen molar-refractivity contribution in [3.63, 3.8) is 0 Å². The number of rotatable bonds is 8. The highest BCUT2D eigenvalue weighted by Crippen LogP contribution is 2.40. The molecule has 0 N–H and O–H groups in total. The van der Waals surface area contributed by atoms with Crippen LogP contribution < -0.4 is 9.80 Å². The summed E-state index contributed by atoms with van der Waals surface area (Å²) in [5.41, 5.74) is 3.41. The van der Waals surface area contributed by atoms with Gasteiger partial charge in [-0.15, -0.1) is 0 Å². The van der Waals surface area contributed by atoms with E-state index in [1.165, 1.54) is 0 Å². The third-order valence-electron chi connectivity index (χ3n) is 9.39. The summed E-state index contributed by atoms with van der Waals surface area (Å²) in [6.45, 7) is 11.7. The summed E-state index contributed by atoms with van der Waals surface area (Å²) < 4.78 is 5.58. The average Bonchev–Trinajstić information content (AvgIpc) is 3.43. The molecule has 1 atom stereocenters. The van der Waals surface area contributed by atoms with Crippen molar-refractivity contribution in [1.82, 2.24) is 9.80 Å². The van der Waals surface area contributed by atoms with Gasteiger partial charge in [0.05, 0.1) is 18.2 Å². The highest BCUT2D eigenvalue weighted by Gasteiger charge is 2.53. The van der Waals surface area contributed by atoms with Crippen LogP contribution in [0.5, 0.6) is 0 Å². The molecule has 0 saturated carbocycles. The van der Waals surface area contributed by atoms with Crippen molar-refractivity contribution in [2.24, 2.45) is 0 Å². The Labute approximate surface area is 266 Å². The third kappa shape index (κ3) is 6.21. The Morgan fingerprint density at radius 1 is 0.911 bits per heavy atom. The molecule has 8 heteroatoms. The summed E-state index contributed by atoms with van der Waals surface area (Å²) in [7, 11) is 0. The second kappa shape index (κ2) is 12.3. The zero-order valence-electron chi connectivity index (χ0n) is 26.9. The lowest BCUT2D eigenvalue weighted by molar-refractivity contribution is -0.134. The maximum Gasteiger partial charge on any atom is 0.338 e. The number of nitrogens with zero attached hydrogens (tertiary/aromatic N) is 4. The fraction of sp³-hybridized carbons (Fsp3) is 0.432. The SMILES string of the molecule is CC1C(=O)N(CCCN2CCC3(CC2)C(=O)N(Cc2cccc(C(=O)OC(C)(C)C)c2)CN3c2ccccc2)c2ccccc21. The van der Waals surface area contributed by atoms with E-state index < -0.39 is 11.1 Å². The van der Waals surface area contributed by atoms with Gasteiger partial charge in [-0.05, 0) is 95.0 Å². The van der Waals surface area contributed by atoms with Crippen molar-refractivity contribution < 1.29 is 19.1 Å². The quantitative estimate of drug-likeness (QED) is 0.300. The molecular weight excluding hydrogens is 564 g/mol. The summed E-state index contributed by atoms with van der Waals surface area (Å²) in [5, 5.41) is 0. The zero-order valence-corrected chi connectivity index (χ0v) is 26.9. The molecule has 0 bridgehead atoms. The summed E-state index contributed by atoms with van der Waals surface area (Å²) >= 11 is 0. The number of ether oxygens (including phenoxy) is 1. The van der Waals surface area contributed by atoms with Crippen LogP contribution in [0.2, 0.25) is 0 Å². The molecule has 45 heavy (non-hydrogen) atoms. The van der Waals surface area contributed by atoms with Gasteiger partial charge in [-0.1, -0.05) is 48.5 Å². The Morgan fingerprint density at radius 3 is 2.36 bits per heavy atom. The topological polar surface area (TPSA) is 73.4 Å². The molecule has 0 radical (unpaired) electrons. The molecule has 2 amide bonds. The van der Waals surface area contributed by atoms with Gasteiger partial charge in [0, 0.05) is 37.6 Å². The number of hydrogen-bond acceptors (Lipinski definition) is 6. The van der Waals surface area contributed by atoms with E-state index in [1.54, 1.807) is 6.07 Å². The predicted octanol–water partition coefficient (Wildman–Crippen LogP) is 5.82. The minimum Gasteiger partial charge on any atom is -0.456 e. The first-order valence-corrected chi connectivity index (χ1v) is 16.1. The molecule has 6 rings (SSSR count). The molecule has 3 heterocycles. The Balaban J connectivity index is 1.12. The van der Waals surface area contributed by atoms with Crippen molar-refractivity contribution in [3.05, 3.63) is 95.6 Å². The molecule has 0 aromatic heterocycles. The van der Waals surface area contributed by atoms with E-state index in [2.05, 4.69) is 28.0 Å². The van der Waals surface area contributed by atoms with Crippen molar-refractivity contribution in [2.75, 3.05) is 42.6 Å². The second-order valence-corrected chi connectivity index (χ2v) is 13.6. The van der Waals surface area contributed by atoms with E-state index in [4.69, 9.17) is 4.74 Å². The van der Waals surface area contributed by atoms with E-state index in [1.807, 2.05) is 92.1 Å². The maximum absolute atomic E-state index is 14.3. The predicted molar refractivity (Wildman–Crippen MR) is 176 cm³/mol. The van der Waals surface area contributed by atoms with Crippen LogP contribution in [0.3, 0.4) is 0 Å².